The minimum atomic E-state index is -4.34. The van der Waals surface area contributed by atoms with Gasteiger partial charge in [0.05, 0.1) is 0 Å². The van der Waals surface area contributed by atoms with Crippen LogP contribution in [-0.4, -0.2) is 12.7 Å². The van der Waals surface area contributed by atoms with Gasteiger partial charge in [0.1, 0.15) is 6.04 Å². The van der Waals surface area contributed by atoms with E-state index in [0.717, 1.165) is 0 Å². The smallest absolute Gasteiger partial charge is 0.302 e. The third-order valence-electron chi connectivity index (χ3n) is 2.54. The molecule has 0 fully saturated rings. The number of hydrogen-bond acceptors (Lipinski definition) is 1. The summed E-state index contributed by atoms with van der Waals surface area (Å²) in [4.78, 5) is 0. The van der Waals surface area contributed by atoms with E-state index < -0.39 is 12.2 Å². The minimum absolute atomic E-state index is 0.0667. The molecule has 1 aliphatic heterocycles. The second-order valence-electron chi connectivity index (χ2n) is 3.64. The summed E-state index contributed by atoms with van der Waals surface area (Å²) in [6.07, 6.45) is -3.84. The van der Waals surface area contributed by atoms with E-state index in [1.165, 1.54) is 6.07 Å². The van der Waals surface area contributed by atoms with Crippen molar-refractivity contribution in [3.63, 3.8) is 0 Å². The summed E-state index contributed by atoms with van der Waals surface area (Å²) in [5, 5.41) is 2.86. The first-order valence-corrected chi connectivity index (χ1v) is 5.43. The zero-order valence-corrected chi connectivity index (χ0v) is 9.55. The molecule has 0 saturated heterocycles. The van der Waals surface area contributed by atoms with Crippen molar-refractivity contribution in [3.8, 4) is 0 Å². The number of nitrogens with one attached hydrogen (secondary N) is 1. The molecular weight excluding hydrogens is 262 g/mol. The summed E-state index contributed by atoms with van der Waals surface area (Å²) in [6.45, 7) is 0.272. The SMILES string of the molecule is FC(F)(F)C1NCCc2cc(Cl)cc(Cl)c21. The molecule has 16 heavy (non-hydrogen) atoms. The number of fused-ring (bicyclic) bond motifs is 1. The number of alkyl halides is 3. The van der Waals surface area contributed by atoms with Gasteiger partial charge in [-0.25, -0.2) is 0 Å². The summed E-state index contributed by atoms with van der Waals surface area (Å²) in [6, 6.07) is 1.19. The van der Waals surface area contributed by atoms with Gasteiger partial charge in [-0.1, -0.05) is 23.2 Å². The van der Waals surface area contributed by atoms with Crippen LogP contribution in [0.1, 0.15) is 17.2 Å². The molecule has 2 rings (SSSR count). The Bertz CT molecular complexity index is 417. The molecule has 1 aromatic rings. The van der Waals surface area contributed by atoms with Gasteiger partial charge in [0, 0.05) is 22.2 Å². The first kappa shape index (κ1) is 12.0. The largest absolute Gasteiger partial charge is 0.407 e. The van der Waals surface area contributed by atoms with Crippen LogP contribution in [0.5, 0.6) is 0 Å². The molecule has 0 aromatic heterocycles. The Morgan fingerprint density at radius 2 is 1.94 bits per heavy atom. The summed E-state index contributed by atoms with van der Waals surface area (Å²) >= 11 is 11.6. The minimum Gasteiger partial charge on any atom is -0.302 e. The van der Waals surface area contributed by atoms with E-state index >= 15 is 0 Å². The lowest BCUT2D eigenvalue weighted by Gasteiger charge is -2.29. The predicted molar refractivity (Wildman–Crippen MR) is 57.0 cm³/mol. The summed E-state index contributed by atoms with van der Waals surface area (Å²) in [5.41, 5.74) is 0.670. The van der Waals surface area contributed by atoms with Gasteiger partial charge in [-0.2, -0.15) is 13.2 Å². The first-order chi connectivity index (χ1) is 7.39. The van der Waals surface area contributed by atoms with Gasteiger partial charge >= 0.3 is 6.18 Å². The highest BCUT2D eigenvalue weighted by Crippen LogP contribution is 2.41. The molecule has 0 aliphatic carbocycles. The van der Waals surface area contributed by atoms with Crippen molar-refractivity contribution in [2.75, 3.05) is 6.54 Å². The van der Waals surface area contributed by atoms with E-state index in [4.69, 9.17) is 23.2 Å². The predicted octanol–water partition coefficient (Wildman–Crippen LogP) is 3.74. The van der Waals surface area contributed by atoms with Crippen LogP contribution in [0.2, 0.25) is 10.0 Å². The molecule has 1 aliphatic rings. The molecule has 88 valence electrons. The summed E-state index contributed by atoms with van der Waals surface area (Å²) in [7, 11) is 0. The molecule has 1 N–H and O–H groups in total. The van der Waals surface area contributed by atoms with Crippen molar-refractivity contribution in [2.45, 2.75) is 18.6 Å². The van der Waals surface area contributed by atoms with E-state index in [1.54, 1.807) is 6.07 Å². The van der Waals surface area contributed by atoms with Gasteiger partial charge < -0.3 is 5.32 Å². The zero-order chi connectivity index (χ0) is 11.9. The molecule has 0 spiro atoms. The molecule has 1 atom stereocenters. The number of rotatable bonds is 0. The molecular formula is C10H8Cl2F3N. The summed E-state index contributed by atoms with van der Waals surface area (Å²) in [5.74, 6) is 0. The van der Waals surface area contributed by atoms with Crippen LogP contribution in [0.15, 0.2) is 12.1 Å². The second kappa shape index (κ2) is 4.09. The molecule has 1 nitrogen and oxygen atoms in total. The van der Waals surface area contributed by atoms with E-state index in [1.807, 2.05) is 0 Å². The fourth-order valence-corrected chi connectivity index (χ4v) is 2.55. The number of benzene rings is 1. The van der Waals surface area contributed by atoms with Crippen LogP contribution in [0.25, 0.3) is 0 Å². The van der Waals surface area contributed by atoms with Gasteiger partial charge in [0.25, 0.3) is 0 Å². The molecule has 0 amide bonds. The van der Waals surface area contributed by atoms with Crippen LogP contribution < -0.4 is 5.32 Å². The molecule has 6 heteroatoms. The Kier molecular flexibility index (Phi) is 3.07. The van der Waals surface area contributed by atoms with Crippen molar-refractivity contribution in [1.82, 2.24) is 5.32 Å². The number of hydrogen-bond donors (Lipinski definition) is 1. The van der Waals surface area contributed by atoms with Crippen molar-refractivity contribution >= 4 is 23.2 Å². The lowest BCUT2D eigenvalue weighted by Crippen LogP contribution is -2.39. The van der Waals surface area contributed by atoms with E-state index in [2.05, 4.69) is 5.32 Å². The average molecular weight is 270 g/mol. The van der Waals surface area contributed by atoms with Gasteiger partial charge in [-0.15, -0.1) is 0 Å². The van der Waals surface area contributed by atoms with Gasteiger partial charge in [0.15, 0.2) is 0 Å². The normalized spacial score (nSPS) is 20.7. The second-order valence-corrected chi connectivity index (χ2v) is 4.48. The lowest BCUT2D eigenvalue weighted by atomic mass is 9.94. The Morgan fingerprint density at radius 3 is 2.56 bits per heavy atom. The fourth-order valence-electron chi connectivity index (χ4n) is 1.90. The maximum absolute atomic E-state index is 12.7. The number of halogens is 5. The molecule has 0 bridgehead atoms. The molecule has 1 aromatic carbocycles. The topological polar surface area (TPSA) is 12.0 Å². The standard InChI is InChI=1S/C10H8Cl2F3N/c11-6-3-5-1-2-16-9(10(13,14)15)8(5)7(12)4-6/h3-4,9,16H,1-2H2. The highest BCUT2D eigenvalue weighted by atomic mass is 35.5. The third-order valence-corrected chi connectivity index (χ3v) is 3.07. The quantitative estimate of drug-likeness (QED) is 0.757. The van der Waals surface area contributed by atoms with Crippen molar-refractivity contribution < 1.29 is 13.2 Å². The Morgan fingerprint density at radius 1 is 1.25 bits per heavy atom. The van der Waals surface area contributed by atoms with E-state index in [-0.39, 0.29) is 17.1 Å². The van der Waals surface area contributed by atoms with Crippen LogP contribution in [0.3, 0.4) is 0 Å². The molecule has 0 radical (unpaired) electrons. The van der Waals surface area contributed by atoms with E-state index in [0.29, 0.717) is 17.0 Å². The van der Waals surface area contributed by atoms with Crippen molar-refractivity contribution in [3.05, 3.63) is 33.3 Å². The van der Waals surface area contributed by atoms with Gasteiger partial charge in [-0.3, -0.25) is 0 Å². The summed E-state index contributed by atoms with van der Waals surface area (Å²) < 4.78 is 38.2. The lowest BCUT2D eigenvalue weighted by molar-refractivity contribution is -0.158. The van der Waals surface area contributed by atoms with Crippen LogP contribution in [-0.2, 0) is 6.42 Å². The van der Waals surface area contributed by atoms with Crippen LogP contribution >= 0.6 is 23.2 Å². The third kappa shape index (κ3) is 2.14. The highest BCUT2D eigenvalue weighted by molar-refractivity contribution is 6.35. The van der Waals surface area contributed by atoms with Crippen molar-refractivity contribution in [1.29, 1.82) is 0 Å². The van der Waals surface area contributed by atoms with Gasteiger partial charge in [-0.05, 0) is 24.1 Å². The molecule has 0 saturated carbocycles. The van der Waals surface area contributed by atoms with Crippen LogP contribution in [0.4, 0.5) is 13.2 Å². The average Bonchev–Trinajstić information content (AvgIpc) is 2.14. The van der Waals surface area contributed by atoms with E-state index in [9.17, 15) is 13.2 Å². The Balaban J connectivity index is 2.54. The van der Waals surface area contributed by atoms with Crippen molar-refractivity contribution in [2.24, 2.45) is 0 Å². The van der Waals surface area contributed by atoms with Crippen LogP contribution in [0, 0.1) is 0 Å². The monoisotopic (exact) mass is 269 g/mol. The molecule has 1 heterocycles. The fraction of sp³-hybridized carbons (Fsp3) is 0.400. The maximum Gasteiger partial charge on any atom is 0.407 e. The maximum atomic E-state index is 12.7. The Labute approximate surface area is 101 Å². The Hall–Kier alpha value is -0.450. The first-order valence-electron chi connectivity index (χ1n) is 4.67. The molecule has 1 unspecified atom stereocenters. The zero-order valence-electron chi connectivity index (χ0n) is 8.04. The van der Waals surface area contributed by atoms with Gasteiger partial charge in [0.2, 0.25) is 0 Å². The highest BCUT2D eigenvalue weighted by Gasteiger charge is 2.44.